The molecule has 11 nitrogen and oxygen atoms in total. The predicted octanol–water partition coefficient (Wildman–Crippen LogP) is 0.741. The Bertz CT molecular complexity index is 1160. The number of rotatable bonds is 5. The Morgan fingerprint density at radius 1 is 1.35 bits per heavy atom. The molecule has 3 heterocycles. The molecule has 0 unspecified atom stereocenters. The van der Waals surface area contributed by atoms with Gasteiger partial charge in [0.05, 0.1) is 17.9 Å². The van der Waals surface area contributed by atoms with Crippen molar-refractivity contribution in [2.24, 2.45) is 18.5 Å². The lowest BCUT2D eigenvalue weighted by atomic mass is 9.87. The van der Waals surface area contributed by atoms with Crippen molar-refractivity contribution in [1.82, 2.24) is 24.4 Å². The van der Waals surface area contributed by atoms with Gasteiger partial charge in [-0.15, -0.1) is 0 Å². The van der Waals surface area contributed by atoms with Gasteiger partial charge in [0.15, 0.2) is 11.3 Å². The number of nitrogens with two attached hydrogens (primary N) is 2. The molecular formula is C18H21F2N9O2. The molecule has 1 aliphatic carbocycles. The second-order valence-corrected chi connectivity index (χ2v) is 7.45. The summed E-state index contributed by atoms with van der Waals surface area (Å²) in [5.41, 5.74) is 11.4. The number of alkyl halides is 2. The number of aryl methyl sites for hydroxylation is 1. The van der Waals surface area contributed by atoms with Crippen molar-refractivity contribution in [1.29, 1.82) is 0 Å². The second kappa shape index (κ2) is 7.58. The van der Waals surface area contributed by atoms with E-state index in [4.69, 9.17) is 11.5 Å². The summed E-state index contributed by atoms with van der Waals surface area (Å²) in [6.07, 6.45) is 4.87. The fourth-order valence-corrected chi connectivity index (χ4v) is 3.61. The molecule has 4 rings (SSSR count). The molecular weight excluding hydrogens is 412 g/mol. The highest BCUT2D eigenvalue weighted by atomic mass is 19.3. The second-order valence-electron chi connectivity index (χ2n) is 7.45. The molecule has 0 saturated heterocycles. The Balaban J connectivity index is 1.59. The van der Waals surface area contributed by atoms with Crippen LogP contribution in [0, 0.1) is 0 Å². The van der Waals surface area contributed by atoms with E-state index in [9.17, 15) is 18.4 Å². The molecule has 1 aliphatic rings. The molecule has 0 spiro atoms. The zero-order chi connectivity index (χ0) is 22.3. The van der Waals surface area contributed by atoms with Crippen LogP contribution < -0.4 is 22.1 Å². The van der Waals surface area contributed by atoms with Crippen LogP contribution in [-0.4, -0.2) is 54.2 Å². The normalized spacial score (nSPS) is 20.5. The first kappa shape index (κ1) is 20.7. The lowest BCUT2D eigenvalue weighted by molar-refractivity contribution is -0.0554. The minimum absolute atomic E-state index is 0.0881. The number of fused-ring (bicyclic) bond motifs is 1. The zero-order valence-corrected chi connectivity index (χ0v) is 16.5. The highest BCUT2D eigenvalue weighted by Crippen LogP contribution is 2.33. The van der Waals surface area contributed by atoms with Gasteiger partial charge in [-0.25, -0.2) is 18.3 Å². The number of amides is 2. The van der Waals surface area contributed by atoms with Crippen molar-refractivity contribution >= 4 is 29.0 Å². The van der Waals surface area contributed by atoms with Crippen LogP contribution in [0.2, 0.25) is 0 Å². The third-order valence-corrected chi connectivity index (χ3v) is 5.20. The fourth-order valence-electron chi connectivity index (χ4n) is 3.61. The minimum Gasteiger partial charge on any atom is -0.365 e. The first-order chi connectivity index (χ1) is 14.7. The van der Waals surface area contributed by atoms with Gasteiger partial charge < -0.3 is 22.1 Å². The number of nitrogens with one attached hydrogen (secondary N) is 2. The van der Waals surface area contributed by atoms with Crippen molar-refractivity contribution in [3.8, 4) is 0 Å². The standard InChI is InChI=1S/C18H21F2N9O2/c1-28-8-11(13(27-28)15(22)30)25-17(31)9-7-23-29-6-4-12(26-16(9)29)24-10-3-2-5-18(19,20)14(10)21/h4,6-8,10,14H,2-3,5,21H2,1H3,(H2,22,30)(H,24,26)(H,25,31)/t10-,14-/m1/s1. The molecule has 0 bridgehead atoms. The van der Waals surface area contributed by atoms with Gasteiger partial charge in [-0.3, -0.25) is 14.3 Å². The summed E-state index contributed by atoms with van der Waals surface area (Å²) in [5.74, 6) is -4.04. The van der Waals surface area contributed by atoms with E-state index < -0.39 is 29.8 Å². The maximum Gasteiger partial charge on any atom is 0.271 e. The van der Waals surface area contributed by atoms with Crippen molar-refractivity contribution in [3.63, 3.8) is 0 Å². The zero-order valence-electron chi connectivity index (χ0n) is 16.5. The number of primary amides is 1. The molecule has 0 aromatic carbocycles. The van der Waals surface area contributed by atoms with Gasteiger partial charge in [-0.2, -0.15) is 10.2 Å². The number of hydrogen-bond acceptors (Lipinski definition) is 7. The average Bonchev–Trinajstić information content (AvgIpc) is 3.28. The first-order valence-corrected chi connectivity index (χ1v) is 9.55. The molecule has 0 aliphatic heterocycles. The number of carbonyl (C=O) groups excluding carboxylic acids is 2. The van der Waals surface area contributed by atoms with Crippen LogP contribution in [0.3, 0.4) is 0 Å². The van der Waals surface area contributed by atoms with Gasteiger partial charge >= 0.3 is 0 Å². The molecule has 2 atom stereocenters. The summed E-state index contributed by atoms with van der Waals surface area (Å²) in [4.78, 5) is 28.6. The molecule has 13 heteroatoms. The van der Waals surface area contributed by atoms with Crippen LogP contribution in [-0.2, 0) is 7.05 Å². The van der Waals surface area contributed by atoms with Crippen LogP contribution in [0.15, 0.2) is 24.7 Å². The monoisotopic (exact) mass is 433 g/mol. The van der Waals surface area contributed by atoms with E-state index in [0.717, 1.165) is 0 Å². The van der Waals surface area contributed by atoms with Gasteiger partial charge in [0.2, 0.25) is 0 Å². The topological polar surface area (TPSA) is 158 Å². The number of aromatic nitrogens is 5. The third-order valence-electron chi connectivity index (χ3n) is 5.20. The van der Waals surface area contributed by atoms with Gasteiger partial charge in [-0.1, -0.05) is 0 Å². The van der Waals surface area contributed by atoms with Crippen LogP contribution in [0.25, 0.3) is 5.65 Å². The molecule has 3 aromatic heterocycles. The highest BCUT2D eigenvalue weighted by molar-refractivity contribution is 6.10. The van der Waals surface area contributed by atoms with E-state index in [1.807, 2.05) is 0 Å². The van der Waals surface area contributed by atoms with Crippen molar-refractivity contribution < 1.29 is 18.4 Å². The number of anilines is 2. The largest absolute Gasteiger partial charge is 0.365 e. The summed E-state index contributed by atoms with van der Waals surface area (Å²) in [6.45, 7) is 0. The Labute approximate surface area is 174 Å². The fraction of sp³-hybridized carbons (Fsp3) is 0.389. The number of carbonyl (C=O) groups is 2. The van der Waals surface area contributed by atoms with Crippen LogP contribution >= 0.6 is 0 Å². The number of hydrogen-bond donors (Lipinski definition) is 4. The molecule has 31 heavy (non-hydrogen) atoms. The quantitative estimate of drug-likeness (QED) is 0.462. The van der Waals surface area contributed by atoms with E-state index in [1.165, 1.54) is 21.6 Å². The van der Waals surface area contributed by atoms with E-state index in [0.29, 0.717) is 18.7 Å². The number of halogens is 2. The van der Waals surface area contributed by atoms with Crippen molar-refractivity contribution in [2.75, 3.05) is 10.6 Å². The Hall–Kier alpha value is -3.61. The Morgan fingerprint density at radius 2 is 2.13 bits per heavy atom. The predicted molar refractivity (Wildman–Crippen MR) is 107 cm³/mol. The third kappa shape index (κ3) is 3.91. The van der Waals surface area contributed by atoms with Crippen LogP contribution in [0.1, 0.15) is 40.1 Å². The molecule has 1 saturated carbocycles. The van der Waals surface area contributed by atoms with Crippen molar-refractivity contribution in [3.05, 3.63) is 35.9 Å². The van der Waals surface area contributed by atoms with E-state index >= 15 is 0 Å². The summed E-state index contributed by atoms with van der Waals surface area (Å²) >= 11 is 0. The van der Waals surface area contributed by atoms with Crippen LogP contribution in [0.4, 0.5) is 20.3 Å². The highest BCUT2D eigenvalue weighted by Gasteiger charge is 2.44. The summed E-state index contributed by atoms with van der Waals surface area (Å²) < 4.78 is 30.6. The van der Waals surface area contributed by atoms with Crippen LogP contribution in [0.5, 0.6) is 0 Å². The Morgan fingerprint density at radius 3 is 2.87 bits per heavy atom. The maximum atomic E-state index is 13.9. The van der Waals surface area contributed by atoms with E-state index in [2.05, 4.69) is 25.8 Å². The molecule has 3 aromatic rings. The maximum absolute atomic E-state index is 13.9. The molecule has 2 amide bonds. The first-order valence-electron chi connectivity index (χ1n) is 9.55. The Kier molecular flexibility index (Phi) is 5.05. The van der Waals surface area contributed by atoms with Gasteiger partial charge in [0, 0.05) is 31.9 Å². The van der Waals surface area contributed by atoms with Crippen molar-refractivity contribution in [2.45, 2.75) is 37.3 Å². The smallest absolute Gasteiger partial charge is 0.271 e. The average molecular weight is 433 g/mol. The van der Waals surface area contributed by atoms with E-state index in [-0.39, 0.29) is 29.0 Å². The van der Waals surface area contributed by atoms with Gasteiger partial charge in [0.1, 0.15) is 11.4 Å². The summed E-state index contributed by atoms with van der Waals surface area (Å²) in [7, 11) is 1.58. The summed E-state index contributed by atoms with van der Waals surface area (Å²) in [5, 5.41) is 13.5. The SMILES string of the molecule is Cn1cc(NC(=O)c2cnn3ccc(N[C@@H]4CCCC(F)(F)[C@@H]4N)nc23)c(C(N)=O)n1. The molecule has 1 fully saturated rings. The van der Waals surface area contributed by atoms with Gasteiger partial charge in [-0.05, 0) is 18.9 Å². The molecule has 0 radical (unpaired) electrons. The summed E-state index contributed by atoms with van der Waals surface area (Å²) in [6, 6.07) is -0.440. The van der Waals surface area contributed by atoms with E-state index in [1.54, 1.807) is 19.3 Å². The van der Waals surface area contributed by atoms with Gasteiger partial charge in [0.25, 0.3) is 17.7 Å². The minimum atomic E-state index is -2.95. The number of nitrogens with zero attached hydrogens (tertiary/aromatic N) is 5. The lowest BCUT2D eigenvalue weighted by Gasteiger charge is -2.36. The molecule has 164 valence electrons. The molecule has 6 N–H and O–H groups in total. The lowest BCUT2D eigenvalue weighted by Crippen LogP contribution is -2.55.